The van der Waals surface area contributed by atoms with Gasteiger partial charge in [-0.2, -0.15) is 0 Å². The molecule has 0 aliphatic heterocycles. The van der Waals surface area contributed by atoms with Crippen molar-refractivity contribution in [3.8, 4) is 0 Å². The summed E-state index contributed by atoms with van der Waals surface area (Å²) in [6, 6.07) is 13.2. The number of carbonyl (C=O) groups is 1. The Kier molecular flexibility index (Phi) is 3.03. The van der Waals surface area contributed by atoms with Gasteiger partial charge >= 0.3 is 5.97 Å². The molecule has 0 radical (unpaired) electrons. The molecular weight excluding hydrogens is 250 g/mol. The van der Waals surface area contributed by atoms with Gasteiger partial charge in [-0.1, -0.05) is 30.3 Å². The van der Waals surface area contributed by atoms with Crippen LogP contribution in [-0.4, -0.2) is 11.1 Å². The Labute approximate surface area is 117 Å². The molecule has 3 nitrogen and oxygen atoms in total. The Bertz CT molecular complexity index is 717. The summed E-state index contributed by atoms with van der Waals surface area (Å²) in [6.45, 7) is 0. The quantitative estimate of drug-likeness (QED) is 0.820. The van der Waals surface area contributed by atoms with E-state index < -0.39 is 5.97 Å². The fourth-order valence-electron chi connectivity index (χ4n) is 2.66. The molecule has 3 N–H and O–H groups in total. The van der Waals surface area contributed by atoms with Crippen molar-refractivity contribution in [3.05, 3.63) is 70.8 Å². The average molecular weight is 265 g/mol. The monoisotopic (exact) mass is 265 g/mol. The molecule has 0 atom stereocenters. The van der Waals surface area contributed by atoms with E-state index in [4.69, 9.17) is 5.73 Å². The van der Waals surface area contributed by atoms with Crippen molar-refractivity contribution >= 4 is 17.2 Å². The van der Waals surface area contributed by atoms with Crippen LogP contribution >= 0.6 is 0 Å². The number of aromatic carboxylic acids is 1. The molecule has 1 aliphatic carbocycles. The number of hydrogen-bond donors (Lipinski definition) is 2. The van der Waals surface area contributed by atoms with Gasteiger partial charge in [0.1, 0.15) is 0 Å². The number of nitrogen functional groups attached to an aromatic ring is 1. The fraction of sp³-hybridized carbons (Fsp3) is 0.118. The van der Waals surface area contributed by atoms with Crippen LogP contribution in [0.15, 0.2) is 48.5 Å². The Morgan fingerprint density at radius 3 is 2.60 bits per heavy atom. The molecule has 0 saturated heterocycles. The van der Waals surface area contributed by atoms with Crippen molar-refractivity contribution in [1.82, 2.24) is 0 Å². The van der Waals surface area contributed by atoms with Gasteiger partial charge in [-0.3, -0.25) is 0 Å². The highest BCUT2D eigenvalue weighted by molar-refractivity contribution is 5.95. The molecule has 2 aromatic carbocycles. The number of fused-ring (bicyclic) bond motifs is 1. The first-order valence-electron chi connectivity index (χ1n) is 6.54. The topological polar surface area (TPSA) is 63.3 Å². The maximum absolute atomic E-state index is 11.4. The van der Waals surface area contributed by atoms with Crippen molar-refractivity contribution < 1.29 is 9.90 Å². The molecule has 2 aromatic rings. The lowest BCUT2D eigenvalue weighted by Crippen LogP contribution is -2.08. The van der Waals surface area contributed by atoms with E-state index in [0.29, 0.717) is 11.3 Å². The summed E-state index contributed by atoms with van der Waals surface area (Å²) < 4.78 is 0. The molecule has 0 fully saturated rings. The second-order valence-corrected chi connectivity index (χ2v) is 4.99. The number of rotatable bonds is 2. The third kappa shape index (κ3) is 2.18. The molecule has 0 saturated carbocycles. The molecule has 0 spiro atoms. The third-order valence-electron chi connectivity index (χ3n) is 3.69. The summed E-state index contributed by atoms with van der Waals surface area (Å²) in [5.74, 6) is -0.917. The lowest BCUT2D eigenvalue weighted by atomic mass is 9.86. The highest BCUT2D eigenvalue weighted by Crippen LogP contribution is 2.30. The van der Waals surface area contributed by atoms with Crippen LogP contribution in [0.3, 0.4) is 0 Å². The molecular formula is C17H15NO2. The van der Waals surface area contributed by atoms with Crippen LogP contribution in [-0.2, 0) is 12.8 Å². The van der Waals surface area contributed by atoms with Crippen LogP contribution < -0.4 is 5.73 Å². The summed E-state index contributed by atoms with van der Waals surface area (Å²) in [7, 11) is 0. The van der Waals surface area contributed by atoms with Crippen LogP contribution in [0.5, 0.6) is 0 Å². The van der Waals surface area contributed by atoms with E-state index in [1.165, 1.54) is 11.1 Å². The van der Waals surface area contributed by atoms with Gasteiger partial charge < -0.3 is 10.8 Å². The van der Waals surface area contributed by atoms with Crippen molar-refractivity contribution in [2.45, 2.75) is 12.8 Å². The molecule has 0 heterocycles. The number of carboxylic acids is 1. The predicted octanol–water partition coefficient (Wildman–Crippen LogP) is 3.15. The van der Waals surface area contributed by atoms with Gasteiger partial charge in [-0.05, 0) is 53.3 Å². The molecule has 100 valence electrons. The van der Waals surface area contributed by atoms with Gasteiger partial charge in [0, 0.05) is 5.69 Å². The molecule has 0 amide bonds. The molecule has 0 bridgehead atoms. The van der Waals surface area contributed by atoms with Gasteiger partial charge in [0.05, 0.1) is 5.56 Å². The summed E-state index contributed by atoms with van der Waals surface area (Å²) in [5, 5.41) is 9.31. The predicted molar refractivity (Wildman–Crippen MR) is 79.6 cm³/mol. The summed E-state index contributed by atoms with van der Waals surface area (Å²) in [4.78, 5) is 11.4. The highest BCUT2D eigenvalue weighted by Gasteiger charge is 2.17. The van der Waals surface area contributed by atoms with Crippen LogP contribution in [0.2, 0.25) is 0 Å². The summed E-state index contributed by atoms with van der Waals surface area (Å²) >= 11 is 0. The number of hydrogen-bond acceptors (Lipinski definition) is 2. The van der Waals surface area contributed by atoms with Gasteiger partial charge in [0.15, 0.2) is 0 Å². The van der Waals surface area contributed by atoms with E-state index in [1.807, 2.05) is 12.1 Å². The zero-order valence-corrected chi connectivity index (χ0v) is 11.0. The number of nitrogens with two attached hydrogens (primary N) is 1. The van der Waals surface area contributed by atoms with Crippen molar-refractivity contribution in [1.29, 1.82) is 0 Å². The zero-order chi connectivity index (χ0) is 14.1. The van der Waals surface area contributed by atoms with E-state index in [1.54, 1.807) is 18.2 Å². The lowest BCUT2D eigenvalue weighted by molar-refractivity contribution is 0.0696. The third-order valence-corrected chi connectivity index (χ3v) is 3.69. The number of carboxylic acid groups (broad SMARTS) is 1. The first-order valence-corrected chi connectivity index (χ1v) is 6.54. The fourth-order valence-corrected chi connectivity index (χ4v) is 2.66. The number of anilines is 1. The second-order valence-electron chi connectivity index (χ2n) is 4.99. The van der Waals surface area contributed by atoms with E-state index >= 15 is 0 Å². The minimum absolute atomic E-state index is 0.310. The molecule has 0 unspecified atom stereocenters. The van der Waals surface area contributed by atoms with Crippen LogP contribution in [0, 0.1) is 0 Å². The van der Waals surface area contributed by atoms with Gasteiger partial charge in [-0.15, -0.1) is 0 Å². The van der Waals surface area contributed by atoms with Crippen LogP contribution in [0.4, 0.5) is 5.69 Å². The van der Waals surface area contributed by atoms with E-state index in [-0.39, 0.29) is 0 Å². The van der Waals surface area contributed by atoms with Gasteiger partial charge in [0.25, 0.3) is 0 Å². The first kappa shape index (κ1) is 12.5. The van der Waals surface area contributed by atoms with Gasteiger partial charge in [0.2, 0.25) is 0 Å². The van der Waals surface area contributed by atoms with E-state index in [2.05, 4.69) is 18.2 Å². The minimum Gasteiger partial charge on any atom is -0.478 e. The smallest absolute Gasteiger partial charge is 0.336 e. The summed E-state index contributed by atoms with van der Waals surface area (Å²) in [5.41, 5.74) is 11.0. The van der Waals surface area contributed by atoms with Crippen LogP contribution in [0.1, 0.15) is 27.0 Å². The highest BCUT2D eigenvalue weighted by atomic mass is 16.4. The lowest BCUT2D eigenvalue weighted by Gasteiger charge is -2.18. The average Bonchev–Trinajstić information content (AvgIpc) is 2.46. The SMILES string of the molecule is Nc1ccc(C(=O)O)c(C2=CCc3ccccc3C2)c1. The Morgan fingerprint density at radius 2 is 1.85 bits per heavy atom. The van der Waals surface area contributed by atoms with Gasteiger partial charge in [-0.25, -0.2) is 4.79 Å². The maximum Gasteiger partial charge on any atom is 0.336 e. The second kappa shape index (κ2) is 4.85. The van der Waals surface area contributed by atoms with Crippen LogP contribution in [0.25, 0.3) is 5.57 Å². The summed E-state index contributed by atoms with van der Waals surface area (Å²) in [6.07, 6.45) is 3.68. The molecule has 1 aliphatic rings. The van der Waals surface area contributed by atoms with Crippen molar-refractivity contribution in [2.75, 3.05) is 5.73 Å². The van der Waals surface area contributed by atoms with Crippen molar-refractivity contribution in [3.63, 3.8) is 0 Å². The number of benzene rings is 2. The Balaban J connectivity index is 2.05. The Morgan fingerprint density at radius 1 is 1.10 bits per heavy atom. The normalized spacial score (nSPS) is 13.5. The van der Waals surface area contributed by atoms with E-state index in [0.717, 1.165) is 24.0 Å². The number of allylic oxidation sites excluding steroid dienone is 2. The standard InChI is InChI=1S/C17H15NO2/c18-14-7-8-15(17(19)20)16(10-14)13-6-5-11-3-1-2-4-12(11)9-13/h1-4,6-8,10H,5,9,18H2,(H,19,20). The molecule has 3 rings (SSSR count). The molecule has 0 aromatic heterocycles. The Hall–Kier alpha value is -2.55. The first-order chi connectivity index (χ1) is 9.65. The molecule has 3 heteroatoms. The minimum atomic E-state index is -0.917. The maximum atomic E-state index is 11.4. The van der Waals surface area contributed by atoms with Crippen molar-refractivity contribution in [2.24, 2.45) is 0 Å². The van der Waals surface area contributed by atoms with E-state index in [9.17, 15) is 9.90 Å². The molecule has 20 heavy (non-hydrogen) atoms. The largest absolute Gasteiger partial charge is 0.478 e. The zero-order valence-electron chi connectivity index (χ0n) is 11.0.